The number of carbonyl (C=O) groups is 1. The highest BCUT2D eigenvalue weighted by Gasteiger charge is 2.27. The van der Waals surface area contributed by atoms with Crippen LogP contribution in [0.5, 0.6) is 0 Å². The number of guanidine groups is 1. The van der Waals surface area contributed by atoms with Crippen LogP contribution in [0.1, 0.15) is 48.2 Å². The molecular formula is C21H30IN3O4. The maximum Gasteiger partial charge on any atom is 0.338 e. The van der Waals surface area contributed by atoms with Crippen LogP contribution in [0.25, 0.3) is 0 Å². The zero-order chi connectivity index (χ0) is 20.6. The van der Waals surface area contributed by atoms with E-state index in [0.717, 1.165) is 11.3 Å². The lowest BCUT2D eigenvalue weighted by atomic mass is 10.0. The van der Waals surface area contributed by atoms with E-state index in [1.807, 2.05) is 32.0 Å². The van der Waals surface area contributed by atoms with Gasteiger partial charge in [0.15, 0.2) is 5.96 Å². The maximum absolute atomic E-state index is 11.7. The first kappa shape index (κ1) is 25.0. The molecule has 0 aliphatic rings. The number of aliphatic hydroxyl groups is 1. The monoisotopic (exact) mass is 515 g/mol. The highest BCUT2D eigenvalue weighted by molar-refractivity contribution is 14.0. The van der Waals surface area contributed by atoms with Gasteiger partial charge in [-0.1, -0.05) is 12.1 Å². The SMILES string of the molecule is CCNC(=NCc1ccc(C(=O)OCC)cc1)NCC(C)(O)c1ccc(C)o1.I. The first-order valence-corrected chi connectivity index (χ1v) is 9.43. The van der Waals surface area contributed by atoms with Crippen molar-refractivity contribution in [2.75, 3.05) is 19.7 Å². The number of benzene rings is 1. The van der Waals surface area contributed by atoms with Crippen molar-refractivity contribution >= 4 is 35.9 Å². The molecule has 3 N–H and O–H groups in total. The standard InChI is InChI=1S/C21H29N3O4.HI/c1-5-22-20(24-14-21(4,26)18-12-7-15(3)28-18)23-13-16-8-10-17(11-9-16)19(25)27-6-2;/h7-12,26H,5-6,13-14H2,1-4H3,(H2,22,23,24);1H. The summed E-state index contributed by atoms with van der Waals surface area (Å²) in [6, 6.07) is 10.7. The van der Waals surface area contributed by atoms with Crippen molar-refractivity contribution in [3.05, 3.63) is 59.0 Å². The van der Waals surface area contributed by atoms with Gasteiger partial charge in [-0.3, -0.25) is 0 Å². The molecule has 1 aromatic carbocycles. The third-order valence-electron chi connectivity index (χ3n) is 4.10. The summed E-state index contributed by atoms with van der Waals surface area (Å²) in [5, 5.41) is 16.9. The van der Waals surface area contributed by atoms with E-state index in [9.17, 15) is 9.90 Å². The van der Waals surface area contributed by atoms with Gasteiger partial charge in [0.2, 0.25) is 0 Å². The topological polar surface area (TPSA) is 96.1 Å². The summed E-state index contributed by atoms with van der Waals surface area (Å²) in [5.74, 6) is 1.51. The van der Waals surface area contributed by atoms with Gasteiger partial charge in [-0.2, -0.15) is 0 Å². The Kier molecular flexibility index (Phi) is 10.2. The summed E-state index contributed by atoms with van der Waals surface area (Å²) in [6.07, 6.45) is 0. The number of esters is 1. The summed E-state index contributed by atoms with van der Waals surface area (Å²) in [5.41, 5.74) is 0.314. The number of rotatable bonds is 8. The number of aliphatic imine (C=N–C) groups is 1. The van der Waals surface area contributed by atoms with Crippen molar-refractivity contribution in [3.8, 4) is 0 Å². The van der Waals surface area contributed by atoms with E-state index in [1.165, 1.54) is 0 Å². The smallest absolute Gasteiger partial charge is 0.338 e. The lowest BCUT2D eigenvalue weighted by Gasteiger charge is -2.22. The largest absolute Gasteiger partial charge is 0.463 e. The maximum atomic E-state index is 11.7. The average Bonchev–Trinajstić information content (AvgIpc) is 3.12. The van der Waals surface area contributed by atoms with Gasteiger partial charge in [-0.25, -0.2) is 9.79 Å². The molecule has 1 unspecified atom stereocenters. The Morgan fingerprint density at radius 3 is 2.41 bits per heavy atom. The molecule has 8 heteroatoms. The Bertz CT molecular complexity index is 801. The summed E-state index contributed by atoms with van der Waals surface area (Å²) in [7, 11) is 0. The van der Waals surface area contributed by atoms with Crippen LogP contribution >= 0.6 is 24.0 Å². The van der Waals surface area contributed by atoms with Crippen LogP contribution in [0.2, 0.25) is 0 Å². The summed E-state index contributed by atoms with van der Waals surface area (Å²) in [4.78, 5) is 16.2. The summed E-state index contributed by atoms with van der Waals surface area (Å²) >= 11 is 0. The molecule has 7 nitrogen and oxygen atoms in total. The number of hydrogen-bond donors (Lipinski definition) is 3. The molecule has 0 amide bonds. The Labute approximate surface area is 189 Å². The predicted octanol–water partition coefficient (Wildman–Crippen LogP) is 3.35. The molecule has 0 spiro atoms. The summed E-state index contributed by atoms with van der Waals surface area (Å²) < 4.78 is 10.5. The number of nitrogens with zero attached hydrogens (tertiary/aromatic N) is 1. The van der Waals surface area contributed by atoms with Crippen LogP contribution < -0.4 is 10.6 Å². The third kappa shape index (κ3) is 7.69. The molecule has 29 heavy (non-hydrogen) atoms. The van der Waals surface area contributed by atoms with E-state index in [0.29, 0.717) is 37.0 Å². The minimum absolute atomic E-state index is 0. The van der Waals surface area contributed by atoms with Gasteiger partial charge in [0.25, 0.3) is 0 Å². The highest BCUT2D eigenvalue weighted by Crippen LogP contribution is 2.21. The minimum atomic E-state index is -1.16. The van der Waals surface area contributed by atoms with Gasteiger partial charge in [0, 0.05) is 6.54 Å². The Morgan fingerprint density at radius 1 is 1.17 bits per heavy atom. The molecule has 160 valence electrons. The molecule has 2 rings (SSSR count). The van der Waals surface area contributed by atoms with Gasteiger partial charge in [0.1, 0.15) is 17.1 Å². The number of aryl methyl sites for hydroxylation is 1. The first-order valence-electron chi connectivity index (χ1n) is 9.43. The second kappa shape index (κ2) is 11.8. The van der Waals surface area contributed by atoms with E-state index in [2.05, 4.69) is 15.6 Å². The zero-order valence-electron chi connectivity index (χ0n) is 17.3. The van der Waals surface area contributed by atoms with E-state index < -0.39 is 5.60 Å². The van der Waals surface area contributed by atoms with Crippen LogP contribution in [-0.4, -0.2) is 36.7 Å². The minimum Gasteiger partial charge on any atom is -0.463 e. The normalized spacial score (nSPS) is 13.2. The fourth-order valence-corrected chi connectivity index (χ4v) is 2.54. The second-order valence-electron chi connectivity index (χ2n) is 6.65. The Hall–Kier alpha value is -2.07. The number of carbonyl (C=O) groups excluding carboxylic acids is 1. The molecule has 1 atom stereocenters. The molecule has 0 radical (unpaired) electrons. The fourth-order valence-electron chi connectivity index (χ4n) is 2.54. The average molecular weight is 515 g/mol. The molecule has 1 aromatic heterocycles. The summed E-state index contributed by atoms with van der Waals surface area (Å²) in [6.45, 7) is 9.00. The van der Waals surface area contributed by atoms with Gasteiger partial charge >= 0.3 is 5.97 Å². The molecule has 0 aliphatic carbocycles. The van der Waals surface area contributed by atoms with Crippen LogP contribution in [0.3, 0.4) is 0 Å². The fraction of sp³-hybridized carbons (Fsp3) is 0.429. The van der Waals surface area contributed by atoms with E-state index in [1.54, 1.807) is 32.0 Å². The molecule has 0 fully saturated rings. The van der Waals surface area contributed by atoms with E-state index in [-0.39, 0.29) is 36.5 Å². The molecule has 2 aromatic rings. The molecule has 0 saturated carbocycles. The Balaban J connectivity index is 0.00000420. The number of hydrogen-bond acceptors (Lipinski definition) is 5. The van der Waals surface area contributed by atoms with Crippen molar-refractivity contribution in [2.24, 2.45) is 4.99 Å². The van der Waals surface area contributed by atoms with Crippen molar-refractivity contribution in [1.29, 1.82) is 0 Å². The second-order valence-corrected chi connectivity index (χ2v) is 6.65. The van der Waals surface area contributed by atoms with Crippen molar-refractivity contribution in [1.82, 2.24) is 10.6 Å². The molecule has 1 heterocycles. The van der Waals surface area contributed by atoms with Gasteiger partial charge in [0.05, 0.1) is 25.3 Å². The van der Waals surface area contributed by atoms with Crippen LogP contribution in [-0.2, 0) is 16.9 Å². The van der Waals surface area contributed by atoms with Crippen LogP contribution in [0, 0.1) is 6.92 Å². The van der Waals surface area contributed by atoms with Crippen LogP contribution in [0.15, 0.2) is 45.8 Å². The van der Waals surface area contributed by atoms with Gasteiger partial charge < -0.3 is 24.9 Å². The van der Waals surface area contributed by atoms with Crippen molar-refractivity contribution < 1.29 is 19.1 Å². The lowest BCUT2D eigenvalue weighted by molar-refractivity contribution is 0.0377. The van der Waals surface area contributed by atoms with Gasteiger partial charge in [-0.15, -0.1) is 24.0 Å². The molecule has 0 aliphatic heterocycles. The molecule has 0 bridgehead atoms. The zero-order valence-corrected chi connectivity index (χ0v) is 19.7. The van der Waals surface area contributed by atoms with E-state index in [4.69, 9.17) is 9.15 Å². The van der Waals surface area contributed by atoms with Crippen molar-refractivity contribution in [3.63, 3.8) is 0 Å². The predicted molar refractivity (Wildman–Crippen MR) is 124 cm³/mol. The number of halogens is 1. The van der Waals surface area contributed by atoms with Crippen molar-refractivity contribution in [2.45, 2.75) is 39.8 Å². The first-order chi connectivity index (χ1) is 13.4. The quantitative estimate of drug-likeness (QED) is 0.216. The third-order valence-corrected chi connectivity index (χ3v) is 4.10. The number of nitrogens with one attached hydrogen (secondary N) is 2. The molecule has 0 saturated heterocycles. The highest BCUT2D eigenvalue weighted by atomic mass is 127. The van der Waals surface area contributed by atoms with E-state index >= 15 is 0 Å². The van der Waals surface area contributed by atoms with Gasteiger partial charge in [-0.05, 0) is 57.5 Å². The number of ether oxygens (including phenoxy) is 1. The number of furan rings is 1. The lowest BCUT2D eigenvalue weighted by Crippen LogP contribution is -2.44. The molecular weight excluding hydrogens is 485 g/mol. The Morgan fingerprint density at radius 2 is 1.86 bits per heavy atom. The van der Waals surface area contributed by atoms with Crippen LogP contribution in [0.4, 0.5) is 0 Å².